The van der Waals surface area contributed by atoms with E-state index in [-0.39, 0.29) is 17.0 Å². The van der Waals surface area contributed by atoms with Crippen LogP contribution in [0.1, 0.15) is 31.2 Å². The van der Waals surface area contributed by atoms with Crippen molar-refractivity contribution in [2.24, 2.45) is 5.10 Å². The fourth-order valence-electron chi connectivity index (χ4n) is 3.44. The molecule has 0 amide bonds. The molecule has 4 rings (SSSR count). The summed E-state index contributed by atoms with van der Waals surface area (Å²) in [5, 5.41) is 24.9. The molecule has 152 valence electrons. The molecule has 1 aromatic carbocycles. The van der Waals surface area contributed by atoms with Crippen molar-refractivity contribution in [1.82, 2.24) is 15.0 Å². The van der Waals surface area contributed by atoms with Gasteiger partial charge in [-0.2, -0.15) is 20.1 Å². The summed E-state index contributed by atoms with van der Waals surface area (Å²) >= 11 is 0. The Labute approximate surface area is 167 Å². The van der Waals surface area contributed by atoms with Crippen LogP contribution in [-0.4, -0.2) is 57.4 Å². The number of aromatic hydroxyl groups is 1. The summed E-state index contributed by atoms with van der Waals surface area (Å²) in [5.41, 5.74) is 2.86. The highest BCUT2D eigenvalue weighted by Gasteiger charge is 2.21. The molecule has 2 aliphatic rings. The molecule has 0 bridgehead atoms. The maximum atomic E-state index is 10.9. The van der Waals surface area contributed by atoms with E-state index in [0.29, 0.717) is 17.8 Å². The van der Waals surface area contributed by atoms with E-state index in [9.17, 15) is 15.2 Å². The number of nitrogens with one attached hydrogen (secondary N) is 1. The van der Waals surface area contributed by atoms with E-state index in [4.69, 9.17) is 0 Å². The Morgan fingerprint density at radius 1 is 1.03 bits per heavy atom. The lowest BCUT2D eigenvalue weighted by Gasteiger charge is -2.20. The second-order valence-corrected chi connectivity index (χ2v) is 7.02. The van der Waals surface area contributed by atoms with E-state index in [1.807, 2.05) is 0 Å². The van der Waals surface area contributed by atoms with Crippen LogP contribution in [0.15, 0.2) is 23.3 Å². The highest BCUT2D eigenvalue weighted by atomic mass is 16.6. The minimum atomic E-state index is -0.527. The quantitative estimate of drug-likeness (QED) is 0.426. The number of hydrogen-bond donors (Lipinski definition) is 2. The lowest BCUT2D eigenvalue weighted by Crippen LogP contribution is -2.25. The summed E-state index contributed by atoms with van der Waals surface area (Å²) in [6.45, 7) is 3.64. The van der Waals surface area contributed by atoms with Gasteiger partial charge in [-0.3, -0.25) is 10.1 Å². The number of hydrogen-bond acceptors (Lipinski definition) is 10. The van der Waals surface area contributed by atoms with Gasteiger partial charge in [0.1, 0.15) is 5.75 Å². The molecular formula is C18H22N8O3. The van der Waals surface area contributed by atoms with Crippen molar-refractivity contribution in [3.05, 3.63) is 33.9 Å². The van der Waals surface area contributed by atoms with E-state index in [1.54, 1.807) is 0 Å². The number of anilines is 3. The summed E-state index contributed by atoms with van der Waals surface area (Å²) in [4.78, 5) is 28.2. The van der Waals surface area contributed by atoms with Gasteiger partial charge in [-0.25, -0.2) is 5.43 Å². The zero-order chi connectivity index (χ0) is 20.2. The van der Waals surface area contributed by atoms with Gasteiger partial charge >= 0.3 is 0 Å². The van der Waals surface area contributed by atoms with E-state index in [2.05, 4.69) is 35.3 Å². The molecule has 2 N–H and O–H groups in total. The van der Waals surface area contributed by atoms with Crippen molar-refractivity contribution in [2.75, 3.05) is 41.4 Å². The second kappa shape index (κ2) is 8.25. The van der Waals surface area contributed by atoms with E-state index in [1.165, 1.54) is 24.4 Å². The van der Waals surface area contributed by atoms with Crippen LogP contribution in [0, 0.1) is 10.1 Å². The van der Waals surface area contributed by atoms with Crippen LogP contribution < -0.4 is 15.2 Å². The summed E-state index contributed by atoms with van der Waals surface area (Å²) in [6, 6.07) is 3.75. The number of aromatic nitrogens is 3. The van der Waals surface area contributed by atoms with Crippen LogP contribution in [0.5, 0.6) is 5.75 Å². The Morgan fingerprint density at radius 2 is 1.62 bits per heavy atom. The van der Waals surface area contributed by atoms with Gasteiger partial charge in [0.2, 0.25) is 17.8 Å². The molecule has 3 heterocycles. The van der Waals surface area contributed by atoms with Crippen LogP contribution in [0.4, 0.5) is 23.5 Å². The summed E-state index contributed by atoms with van der Waals surface area (Å²) in [5.74, 6) is 1.43. The number of nitro benzene ring substituents is 1. The van der Waals surface area contributed by atoms with Crippen molar-refractivity contribution in [3.63, 3.8) is 0 Å². The standard InChI is InChI=1S/C18H22N8O3/c27-15-6-5-14(26(28)29)11-13(15)12-19-23-16-20-17(24-7-1-2-8-24)22-18(21-16)25-9-3-4-10-25/h5-6,11-12,27H,1-4,7-10H2,(H,20,21,22,23). The first-order valence-electron chi connectivity index (χ1n) is 9.62. The molecule has 0 spiro atoms. The number of hydrazone groups is 1. The van der Waals surface area contributed by atoms with Gasteiger partial charge in [-0.15, -0.1) is 0 Å². The second-order valence-electron chi connectivity index (χ2n) is 7.02. The first-order chi connectivity index (χ1) is 14.1. The molecule has 0 unspecified atom stereocenters. The number of benzene rings is 1. The first-order valence-corrected chi connectivity index (χ1v) is 9.62. The van der Waals surface area contributed by atoms with Crippen molar-refractivity contribution in [3.8, 4) is 5.75 Å². The number of nitro groups is 1. The zero-order valence-corrected chi connectivity index (χ0v) is 15.9. The number of phenols is 1. The van der Waals surface area contributed by atoms with Crippen LogP contribution in [-0.2, 0) is 0 Å². The predicted molar refractivity (Wildman–Crippen MR) is 109 cm³/mol. The van der Waals surface area contributed by atoms with Gasteiger partial charge < -0.3 is 14.9 Å². The van der Waals surface area contributed by atoms with E-state index >= 15 is 0 Å². The molecule has 0 radical (unpaired) electrons. The lowest BCUT2D eigenvalue weighted by atomic mass is 10.2. The van der Waals surface area contributed by atoms with Crippen LogP contribution in [0.25, 0.3) is 0 Å². The van der Waals surface area contributed by atoms with Crippen LogP contribution in [0.2, 0.25) is 0 Å². The van der Waals surface area contributed by atoms with Gasteiger partial charge in [-0.05, 0) is 31.7 Å². The number of nitrogens with zero attached hydrogens (tertiary/aromatic N) is 7. The third-order valence-corrected chi connectivity index (χ3v) is 4.98. The minimum absolute atomic E-state index is 0.104. The Balaban J connectivity index is 1.56. The summed E-state index contributed by atoms with van der Waals surface area (Å²) in [7, 11) is 0. The molecule has 2 saturated heterocycles. The molecule has 11 heteroatoms. The monoisotopic (exact) mass is 398 g/mol. The van der Waals surface area contributed by atoms with Gasteiger partial charge in [-0.1, -0.05) is 0 Å². The maximum absolute atomic E-state index is 10.9. The minimum Gasteiger partial charge on any atom is -0.507 e. The molecule has 2 aliphatic heterocycles. The Morgan fingerprint density at radius 3 is 2.17 bits per heavy atom. The first kappa shape index (κ1) is 18.8. The lowest BCUT2D eigenvalue weighted by molar-refractivity contribution is -0.384. The summed E-state index contributed by atoms with van der Waals surface area (Å²) < 4.78 is 0. The average molecular weight is 398 g/mol. The fourth-order valence-corrected chi connectivity index (χ4v) is 3.44. The third kappa shape index (κ3) is 4.33. The molecule has 11 nitrogen and oxygen atoms in total. The Hall–Kier alpha value is -3.50. The topological polar surface area (TPSA) is 133 Å². The van der Waals surface area contributed by atoms with Gasteiger partial charge in [0.15, 0.2) is 0 Å². The highest BCUT2D eigenvalue weighted by molar-refractivity contribution is 5.84. The highest BCUT2D eigenvalue weighted by Crippen LogP contribution is 2.23. The fraction of sp³-hybridized carbons (Fsp3) is 0.444. The molecular weight excluding hydrogens is 376 g/mol. The SMILES string of the molecule is O=[N+]([O-])c1ccc(O)c(C=NNc2nc(N3CCCC3)nc(N3CCCC3)n2)c1. The molecule has 0 saturated carbocycles. The zero-order valence-electron chi connectivity index (χ0n) is 15.9. The van der Waals surface area contributed by atoms with Gasteiger partial charge in [0.25, 0.3) is 5.69 Å². The van der Waals surface area contributed by atoms with Crippen LogP contribution >= 0.6 is 0 Å². The normalized spacial score (nSPS) is 16.7. The van der Waals surface area contributed by atoms with Crippen molar-refractivity contribution >= 4 is 29.7 Å². The van der Waals surface area contributed by atoms with Gasteiger partial charge in [0.05, 0.1) is 11.1 Å². The number of rotatable bonds is 6. The van der Waals surface area contributed by atoms with Gasteiger partial charge in [0, 0.05) is 43.9 Å². The number of non-ortho nitro benzene ring substituents is 1. The van der Waals surface area contributed by atoms with Crippen LogP contribution in [0.3, 0.4) is 0 Å². The van der Waals surface area contributed by atoms with Crippen molar-refractivity contribution in [2.45, 2.75) is 25.7 Å². The largest absolute Gasteiger partial charge is 0.507 e. The van der Waals surface area contributed by atoms with E-state index < -0.39 is 4.92 Å². The third-order valence-electron chi connectivity index (χ3n) is 4.98. The molecule has 1 aromatic heterocycles. The molecule has 2 fully saturated rings. The molecule has 2 aromatic rings. The van der Waals surface area contributed by atoms with E-state index in [0.717, 1.165) is 51.9 Å². The molecule has 0 atom stereocenters. The molecule has 0 aliphatic carbocycles. The van der Waals surface area contributed by atoms with Crippen molar-refractivity contribution < 1.29 is 10.0 Å². The summed E-state index contributed by atoms with van der Waals surface area (Å²) in [6.07, 6.45) is 5.74. The Kier molecular flexibility index (Phi) is 5.36. The van der Waals surface area contributed by atoms with Crippen molar-refractivity contribution in [1.29, 1.82) is 0 Å². The predicted octanol–water partition coefficient (Wildman–Crippen LogP) is 2.13. The smallest absolute Gasteiger partial charge is 0.270 e. The Bertz CT molecular complexity index is 889. The number of phenolic OH excluding ortho intramolecular Hbond substituents is 1. The average Bonchev–Trinajstić information content (AvgIpc) is 3.43. The molecule has 29 heavy (non-hydrogen) atoms. The maximum Gasteiger partial charge on any atom is 0.270 e.